The third-order valence-electron chi connectivity index (χ3n) is 13.4. The molecule has 1 rings (SSSR count). The molecule has 1 aliphatic heterocycles. The van der Waals surface area contributed by atoms with E-state index in [9.17, 15) is 34.5 Å². The molecule has 12 nitrogen and oxygen atoms in total. The number of hydrogen-bond acceptors (Lipinski definition) is 11. The van der Waals surface area contributed by atoms with Gasteiger partial charge in [-0.15, -0.1) is 0 Å². The summed E-state index contributed by atoms with van der Waals surface area (Å²) in [4.78, 5) is 51.1. The molecular formula is C61H106O12. The van der Waals surface area contributed by atoms with Crippen LogP contribution < -0.4 is 0 Å². The molecule has 0 aromatic rings. The van der Waals surface area contributed by atoms with Crippen molar-refractivity contribution >= 4 is 23.9 Å². The van der Waals surface area contributed by atoms with Crippen LogP contribution in [-0.2, 0) is 42.9 Å². The molecule has 0 aliphatic carbocycles. The summed E-state index contributed by atoms with van der Waals surface area (Å²) in [7, 11) is 0. The molecule has 0 aromatic heterocycles. The highest BCUT2D eigenvalue weighted by molar-refractivity contribution is 5.74. The fourth-order valence-electron chi connectivity index (χ4n) is 8.78. The minimum Gasteiger partial charge on any atom is -0.479 e. The minimum atomic E-state index is -1.90. The molecule has 0 saturated carbocycles. The zero-order valence-electron chi connectivity index (χ0n) is 46.4. The van der Waals surface area contributed by atoms with E-state index in [2.05, 4.69) is 69.4 Å². The van der Waals surface area contributed by atoms with Crippen molar-refractivity contribution in [3.63, 3.8) is 0 Å². The Bertz CT molecular complexity index is 1460. The summed E-state index contributed by atoms with van der Waals surface area (Å²) in [6.45, 7) is 5.92. The van der Waals surface area contributed by atoms with Crippen molar-refractivity contribution in [2.75, 3.05) is 13.2 Å². The monoisotopic (exact) mass is 1030 g/mol. The fraction of sp³-hybridized carbons (Fsp3) is 0.803. The van der Waals surface area contributed by atoms with E-state index in [1.165, 1.54) is 89.9 Å². The summed E-state index contributed by atoms with van der Waals surface area (Å²) in [5.41, 5.74) is 0. The Morgan fingerprint density at radius 2 is 0.822 bits per heavy atom. The summed E-state index contributed by atoms with van der Waals surface area (Å²) < 4.78 is 28.4. The highest BCUT2D eigenvalue weighted by atomic mass is 16.7. The molecule has 6 unspecified atom stereocenters. The van der Waals surface area contributed by atoms with Gasteiger partial charge in [-0.05, 0) is 83.5 Å². The molecule has 0 amide bonds. The lowest BCUT2D eigenvalue weighted by molar-refractivity contribution is -0.301. The van der Waals surface area contributed by atoms with Crippen molar-refractivity contribution in [2.45, 2.75) is 302 Å². The number of allylic oxidation sites excluding steroid dienone is 8. The van der Waals surface area contributed by atoms with Crippen molar-refractivity contribution in [1.82, 2.24) is 0 Å². The quantitative estimate of drug-likeness (QED) is 0.0228. The number of carboxylic acid groups (broad SMARTS) is 1. The molecular weight excluding hydrogens is 925 g/mol. The standard InChI is InChI=1S/C61H106O12/c1-4-7-10-13-16-19-22-25-27-30-32-35-38-41-44-47-53(62)69-50-52(71-54(63)48-45-42-39-36-34-31-28-26-23-20-17-14-11-8-5-2)51-70-61-59(57(66)56(65)58(73-61)60(67)68)72-55(64)49-46-43-40-37-33-29-24-21-18-15-12-9-6-3/h16-17,19-20,25-28,52,56-59,61,65-66H,4-15,18,21-24,29-51H2,1-3H3,(H,67,68)/b19-16-,20-17-,27-25-,28-26-. The van der Waals surface area contributed by atoms with Gasteiger partial charge >= 0.3 is 23.9 Å². The van der Waals surface area contributed by atoms with E-state index >= 15 is 0 Å². The Morgan fingerprint density at radius 1 is 0.452 bits per heavy atom. The zero-order chi connectivity index (χ0) is 53.3. The van der Waals surface area contributed by atoms with Crippen molar-refractivity contribution < 1.29 is 58.2 Å². The molecule has 0 radical (unpaired) electrons. The maximum absolute atomic E-state index is 13.1. The van der Waals surface area contributed by atoms with Gasteiger partial charge in [0.25, 0.3) is 0 Å². The van der Waals surface area contributed by atoms with Crippen LogP contribution in [-0.4, -0.2) is 89.2 Å². The first-order chi connectivity index (χ1) is 35.6. The lowest BCUT2D eigenvalue weighted by Crippen LogP contribution is -2.61. The van der Waals surface area contributed by atoms with Crippen LogP contribution in [0.5, 0.6) is 0 Å². The fourth-order valence-corrected chi connectivity index (χ4v) is 8.78. The average Bonchev–Trinajstić information content (AvgIpc) is 3.37. The lowest BCUT2D eigenvalue weighted by Gasteiger charge is -2.40. The number of unbranched alkanes of at least 4 members (excludes halogenated alkanes) is 28. The van der Waals surface area contributed by atoms with E-state index in [-0.39, 0.29) is 25.9 Å². The van der Waals surface area contributed by atoms with Crippen molar-refractivity contribution in [2.24, 2.45) is 0 Å². The van der Waals surface area contributed by atoms with Gasteiger partial charge in [0.15, 0.2) is 24.6 Å². The van der Waals surface area contributed by atoms with Crippen LogP contribution in [0, 0.1) is 0 Å². The van der Waals surface area contributed by atoms with Crippen LogP contribution in [0.2, 0.25) is 0 Å². The highest BCUT2D eigenvalue weighted by Gasteiger charge is 2.50. The van der Waals surface area contributed by atoms with Gasteiger partial charge in [0.1, 0.15) is 18.8 Å². The van der Waals surface area contributed by atoms with E-state index in [4.69, 9.17) is 23.7 Å². The first kappa shape index (κ1) is 67.7. The summed E-state index contributed by atoms with van der Waals surface area (Å²) in [5.74, 6) is -3.14. The first-order valence-electron chi connectivity index (χ1n) is 29.6. The average molecular weight is 1030 g/mol. The molecule has 73 heavy (non-hydrogen) atoms. The van der Waals surface area contributed by atoms with Crippen molar-refractivity contribution in [3.8, 4) is 0 Å². The predicted molar refractivity (Wildman–Crippen MR) is 294 cm³/mol. The van der Waals surface area contributed by atoms with Gasteiger partial charge in [0.05, 0.1) is 6.61 Å². The van der Waals surface area contributed by atoms with Gasteiger partial charge in [-0.3, -0.25) is 14.4 Å². The number of rotatable bonds is 50. The lowest BCUT2D eigenvalue weighted by atomic mass is 9.98. The van der Waals surface area contributed by atoms with Gasteiger partial charge in [0.2, 0.25) is 0 Å². The molecule has 0 bridgehead atoms. The highest BCUT2D eigenvalue weighted by Crippen LogP contribution is 2.26. The summed E-state index contributed by atoms with van der Waals surface area (Å²) >= 11 is 0. The van der Waals surface area contributed by atoms with Gasteiger partial charge in [-0.2, -0.15) is 0 Å². The SMILES string of the molecule is CCCCC/C=C\C/C=C\CCCCCCCC(=O)OCC(COC1OC(C(=O)O)C(O)C(O)C1OC(=O)CCCCCCCCCCCCCCC)OC(=O)CCCCCCC/C=C\C/C=C\CCCCC. The maximum Gasteiger partial charge on any atom is 0.335 e. The number of esters is 3. The topological polar surface area (TPSA) is 175 Å². The molecule has 0 spiro atoms. The van der Waals surface area contributed by atoms with Crippen LogP contribution >= 0.6 is 0 Å². The van der Waals surface area contributed by atoms with Crippen LogP contribution in [0.4, 0.5) is 0 Å². The number of carbonyl (C=O) groups is 4. The second-order valence-electron chi connectivity index (χ2n) is 20.3. The molecule has 422 valence electrons. The number of carbonyl (C=O) groups excluding carboxylic acids is 3. The molecule has 1 fully saturated rings. The number of aliphatic hydroxyl groups excluding tert-OH is 2. The predicted octanol–water partition coefficient (Wildman–Crippen LogP) is 15.0. The minimum absolute atomic E-state index is 0.0607. The van der Waals surface area contributed by atoms with Gasteiger partial charge < -0.3 is 39.0 Å². The second kappa shape index (κ2) is 49.6. The largest absolute Gasteiger partial charge is 0.479 e. The summed E-state index contributed by atoms with van der Waals surface area (Å²) in [6, 6.07) is 0. The molecule has 1 aliphatic rings. The Morgan fingerprint density at radius 3 is 1.26 bits per heavy atom. The maximum atomic E-state index is 13.1. The summed E-state index contributed by atoms with van der Waals surface area (Å²) in [6.07, 6.45) is 46.5. The van der Waals surface area contributed by atoms with Gasteiger partial charge in [-0.25, -0.2) is 4.79 Å². The van der Waals surface area contributed by atoms with E-state index in [1.54, 1.807) is 0 Å². The Balaban J connectivity index is 2.71. The second-order valence-corrected chi connectivity index (χ2v) is 20.3. The van der Waals surface area contributed by atoms with E-state index in [0.29, 0.717) is 19.3 Å². The smallest absolute Gasteiger partial charge is 0.335 e. The molecule has 6 atom stereocenters. The number of aliphatic carboxylic acids is 1. The van der Waals surface area contributed by atoms with Crippen LogP contribution in [0.1, 0.15) is 265 Å². The number of carboxylic acids is 1. The Kier molecular flexibility index (Phi) is 45.9. The molecule has 12 heteroatoms. The third-order valence-corrected chi connectivity index (χ3v) is 13.4. The van der Waals surface area contributed by atoms with Crippen LogP contribution in [0.15, 0.2) is 48.6 Å². The normalized spacial score (nSPS) is 18.6. The number of aliphatic hydroxyl groups is 2. The number of ether oxygens (including phenoxy) is 5. The van der Waals surface area contributed by atoms with Gasteiger partial charge in [-0.1, -0.05) is 211 Å². The van der Waals surface area contributed by atoms with E-state index in [1.807, 2.05) is 0 Å². The Labute approximate surface area is 443 Å². The van der Waals surface area contributed by atoms with Gasteiger partial charge in [0, 0.05) is 19.3 Å². The van der Waals surface area contributed by atoms with E-state index in [0.717, 1.165) is 116 Å². The van der Waals surface area contributed by atoms with Crippen LogP contribution in [0.25, 0.3) is 0 Å². The van der Waals surface area contributed by atoms with Crippen LogP contribution in [0.3, 0.4) is 0 Å². The molecule has 1 heterocycles. The summed E-state index contributed by atoms with van der Waals surface area (Å²) in [5, 5.41) is 31.5. The molecule has 0 aromatic carbocycles. The zero-order valence-corrected chi connectivity index (χ0v) is 46.4. The third kappa shape index (κ3) is 39.7. The van der Waals surface area contributed by atoms with Crippen molar-refractivity contribution in [3.05, 3.63) is 48.6 Å². The molecule has 1 saturated heterocycles. The van der Waals surface area contributed by atoms with Crippen molar-refractivity contribution in [1.29, 1.82) is 0 Å². The first-order valence-corrected chi connectivity index (χ1v) is 29.6. The molecule has 3 N–H and O–H groups in total. The number of hydrogen-bond donors (Lipinski definition) is 3. The Hall–Kier alpha value is -3.32. The van der Waals surface area contributed by atoms with E-state index < -0.39 is 67.3 Å².